The van der Waals surface area contributed by atoms with Crippen molar-refractivity contribution in [2.45, 2.75) is 19.6 Å². The normalized spacial score (nSPS) is 10.1. The van der Waals surface area contributed by atoms with Gasteiger partial charge < -0.3 is 10.2 Å². The SMILES string of the molecule is N#Cc1cc(Sc2ccc(O)cc2)c(Sc2ccc(O)cc2)cc1C#N. The predicted octanol–water partition coefficient (Wildman–Crippen LogP) is 5.14. The summed E-state index contributed by atoms with van der Waals surface area (Å²) in [6.45, 7) is 0. The Kier molecular flexibility index (Phi) is 5.38. The zero-order valence-electron chi connectivity index (χ0n) is 13.4. The third-order valence-electron chi connectivity index (χ3n) is 3.45. The number of nitrogens with zero attached hydrogens (tertiary/aromatic N) is 2. The van der Waals surface area contributed by atoms with Gasteiger partial charge in [-0.2, -0.15) is 10.5 Å². The average Bonchev–Trinajstić information content (AvgIpc) is 2.66. The second kappa shape index (κ2) is 7.88. The van der Waals surface area contributed by atoms with Crippen molar-refractivity contribution >= 4 is 23.5 Å². The molecule has 3 rings (SSSR count). The monoisotopic (exact) mass is 376 g/mol. The van der Waals surface area contributed by atoms with Crippen LogP contribution in [0.1, 0.15) is 11.1 Å². The maximum atomic E-state index is 9.43. The molecule has 26 heavy (non-hydrogen) atoms. The smallest absolute Gasteiger partial charge is 0.115 e. The zero-order valence-corrected chi connectivity index (χ0v) is 15.0. The number of hydrogen-bond donors (Lipinski definition) is 2. The molecule has 0 saturated heterocycles. The van der Waals surface area contributed by atoms with Crippen LogP contribution in [0.3, 0.4) is 0 Å². The molecule has 0 radical (unpaired) electrons. The third kappa shape index (κ3) is 4.12. The number of phenolic OH excluding ortho intramolecular Hbond substituents is 2. The second-order valence-electron chi connectivity index (χ2n) is 5.26. The predicted molar refractivity (Wildman–Crippen MR) is 100 cm³/mol. The number of rotatable bonds is 4. The van der Waals surface area contributed by atoms with Gasteiger partial charge in [0.05, 0.1) is 11.1 Å². The van der Waals surface area contributed by atoms with Crippen LogP contribution in [0, 0.1) is 22.7 Å². The summed E-state index contributed by atoms with van der Waals surface area (Å²) in [4.78, 5) is 3.49. The molecule has 0 unspecified atom stereocenters. The first-order valence-electron chi connectivity index (χ1n) is 7.51. The Morgan fingerprint density at radius 3 is 1.27 bits per heavy atom. The van der Waals surface area contributed by atoms with Crippen LogP contribution in [0.2, 0.25) is 0 Å². The van der Waals surface area contributed by atoms with E-state index in [4.69, 9.17) is 0 Å². The number of nitriles is 2. The Morgan fingerprint density at radius 1 is 0.615 bits per heavy atom. The lowest BCUT2D eigenvalue weighted by molar-refractivity contribution is 0.474. The number of benzene rings is 3. The van der Waals surface area contributed by atoms with Crippen molar-refractivity contribution in [2.24, 2.45) is 0 Å². The summed E-state index contributed by atoms with van der Waals surface area (Å²) in [7, 11) is 0. The highest BCUT2D eigenvalue weighted by atomic mass is 32.2. The Hall–Kier alpha value is -3.06. The van der Waals surface area contributed by atoms with Crippen LogP contribution in [0.25, 0.3) is 0 Å². The molecule has 0 heterocycles. The van der Waals surface area contributed by atoms with Crippen LogP contribution in [0.15, 0.2) is 80.2 Å². The highest BCUT2D eigenvalue weighted by molar-refractivity contribution is 8.02. The molecule has 0 aliphatic carbocycles. The Morgan fingerprint density at radius 2 is 0.962 bits per heavy atom. The van der Waals surface area contributed by atoms with Gasteiger partial charge in [0.1, 0.15) is 23.6 Å². The molecule has 2 N–H and O–H groups in total. The summed E-state index contributed by atoms with van der Waals surface area (Å²) < 4.78 is 0. The zero-order chi connectivity index (χ0) is 18.5. The van der Waals surface area contributed by atoms with Crippen molar-refractivity contribution in [3.63, 3.8) is 0 Å². The lowest BCUT2D eigenvalue weighted by atomic mass is 10.1. The molecule has 4 nitrogen and oxygen atoms in total. The lowest BCUT2D eigenvalue weighted by Gasteiger charge is -2.11. The molecule has 0 bridgehead atoms. The third-order valence-corrected chi connectivity index (χ3v) is 5.71. The molecule has 0 atom stereocenters. The van der Waals surface area contributed by atoms with E-state index in [-0.39, 0.29) is 11.5 Å². The van der Waals surface area contributed by atoms with E-state index in [0.717, 1.165) is 19.6 Å². The Labute approximate surface area is 159 Å². The van der Waals surface area contributed by atoms with Crippen LogP contribution in [-0.2, 0) is 0 Å². The van der Waals surface area contributed by atoms with Crippen LogP contribution in [0.5, 0.6) is 11.5 Å². The highest BCUT2D eigenvalue weighted by Crippen LogP contribution is 2.40. The molecule has 3 aromatic carbocycles. The fraction of sp³-hybridized carbons (Fsp3) is 0. The van der Waals surface area contributed by atoms with Gasteiger partial charge >= 0.3 is 0 Å². The summed E-state index contributed by atoms with van der Waals surface area (Å²) in [6, 6.07) is 21.1. The fourth-order valence-electron chi connectivity index (χ4n) is 2.19. The molecule has 0 aliphatic rings. The Bertz CT molecular complexity index is 933. The van der Waals surface area contributed by atoms with Gasteiger partial charge in [-0.3, -0.25) is 0 Å². The summed E-state index contributed by atoms with van der Waals surface area (Å²) in [5.74, 6) is 0.371. The molecular formula is C20H12N2O2S2. The quantitative estimate of drug-likeness (QED) is 0.655. The van der Waals surface area contributed by atoms with Gasteiger partial charge in [0.15, 0.2) is 0 Å². The molecule has 3 aromatic rings. The molecule has 6 heteroatoms. The molecule has 0 aromatic heterocycles. The van der Waals surface area contributed by atoms with E-state index in [0.29, 0.717) is 11.1 Å². The first-order valence-corrected chi connectivity index (χ1v) is 9.14. The average molecular weight is 376 g/mol. The van der Waals surface area contributed by atoms with Crippen LogP contribution in [0.4, 0.5) is 0 Å². The number of aromatic hydroxyl groups is 2. The van der Waals surface area contributed by atoms with Crippen molar-refractivity contribution in [1.82, 2.24) is 0 Å². The molecule has 0 spiro atoms. The molecule has 126 valence electrons. The van der Waals surface area contributed by atoms with Gasteiger partial charge in [-0.25, -0.2) is 0 Å². The summed E-state index contributed by atoms with van der Waals surface area (Å²) in [6.07, 6.45) is 0. The molecular weight excluding hydrogens is 364 g/mol. The van der Waals surface area contributed by atoms with E-state index >= 15 is 0 Å². The van der Waals surface area contributed by atoms with Gasteiger partial charge in [0, 0.05) is 19.6 Å². The summed E-state index contributed by atoms with van der Waals surface area (Å²) in [5.41, 5.74) is 0.646. The maximum absolute atomic E-state index is 9.43. The van der Waals surface area contributed by atoms with Gasteiger partial charge in [-0.15, -0.1) is 0 Å². The van der Waals surface area contributed by atoms with E-state index in [1.165, 1.54) is 23.5 Å². The van der Waals surface area contributed by atoms with Crippen LogP contribution >= 0.6 is 23.5 Å². The molecule has 0 saturated carbocycles. The van der Waals surface area contributed by atoms with E-state index < -0.39 is 0 Å². The molecule has 0 fully saturated rings. The topological polar surface area (TPSA) is 88.0 Å². The summed E-state index contributed by atoms with van der Waals surface area (Å²) in [5, 5.41) is 37.5. The lowest BCUT2D eigenvalue weighted by Crippen LogP contribution is -1.89. The minimum Gasteiger partial charge on any atom is -0.508 e. The van der Waals surface area contributed by atoms with E-state index in [2.05, 4.69) is 12.1 Å². The van der Waals surface area contributed by atoms with Crippen molar-refractivity contribution in [1.29, 1.82) is 10.5 Å². The van der Waals surface area contributed by atoms with Crippen molar-refractivity contribution in [3.8, 4) is 23.6 Å². The molecule has 0 amide bonds. The first-order chi connectivity index (χ1) is 12.6. The van der Waals surface area contributed by atoms with Crippen molar-refractivity contribution < 1.29 is 10.2 Å². The fourth-order valence-corrected chi connectivity index (χ4v) is 4.16. The summed E-state index contributed by atoms with van der Waals surface area (Å²) >= 11 is 2.90. The van der Waals surface area contributed by atoms with Crippen molar-refractivity contribution in [3.05, 3.63) is 71.8 Å². The van der Waals surface area contributed by atoms with Crippen LogP contribution < -0.4 is 0 Å². The largest absolute Gasteiger partial charge is 0.508 e. The van der Waals surface area contributed by atoms with E-state index in [1.807, 2.05) is 0 Å². The minimum atomic E-state index is 0.186. The number of phenols is 2. The second-order valence-corrected chi connectivity index (χ2v) is 7.49. The van der Waals surface area contributed by atoms with E-state index in [9.17, 15) is 20.7 Å². The molecule has 0 aliphatic heterocycles. The van der Waals surface area contributed by atoms with Gasteiger partial charge in [0.25, 0.3) is 0 Å². The van der Waals surface area contributed by atoms with Gasteiger partial charge in [-0.1, -0.05) is 23.5 Å². The maximum Gasteiger partial charge on any atom is 0.115 e. The van der Waals surface area contributed by atoms with Gasteiger partial charge in [0.2, 0.25) is 0 Å². The highest BCUT2D eigenvalue weighted by Gasteiger charge is 2.13. The standard InChI is InChI=1S/C20H12N2O2S2/c21-11-13-9-19(25-17-5-1-15(23)2-6-17)20(10-14(13)12-22)26-18-7-3-16(24)4-8-18/h1-10,23-24H. The van der Waals surface area contributed by atoms with Gasteiger partial charge in [-0.05, 0) is 60.7 Å². The minimum absolute atomic E-state index is 0.186. The number of hydrogen-bond acceptors (Lipinski definition) is 6. The first kappa shape index (κ1) is 17.8. The van der Waals surface area contributed by atoms with E-state index in [1.54, 1.807) is 60.7 Å². The van der Waals surface area contributed by atoms with Crippen LogP contribution in [-0.4, -0.2) is 10.2 Å². The Balaban J connectivity index is 2.02. The van der Waals surface area contributed by atoms with Crippen molar-refractivity contribution in [2.75, 3.05) is 0 Å².